The average Bonchev–Trinajstić information content (AvgIpc) is 2.68. The number of rotatable bonds is 8. The number of hydrogen-bond donors (Lipinski definition) is 2. The molecule has 0 radical (unpaired) electrons. The van der Waals surface area contributed by atoms with Gasteiger partial charge in [0.2, 0.25) is 5.91 Å². The fourth-order valence-electron chi connectivity index (χ4n) is 4.74. The van der Waals surface area contributed by atoms with Crippen LogP contribution in [0.2, 0.25) is 0 Å². The number of esters is 1. The third-order valence-electron chi connectivity index (χ3n) is 5.92. The molecule has 2 heterocycles. The summed E-state index contributed by atoms with van der Waals surface area (Å²) in [4.78, 5) is 38.6. The lowest BCUT2D eigenvalue weighted by molar-refractivity contribution is -0.147. The summed E-state index contributed by atoms with van der Waals surface area (Å²) in [5.74, 6) is -0.0887. The number of fused-ring (bicyclic) bond motifs is 2. The molecule has 0 aliphatic carbocycles. The van der Waals surface area contributed by atoms with Gasteiger partial charge in [-0.05, 0) is 51.7 Å². The lowest BCUT2D eigenvalue weighted by Crippen LogP contribution is -2.58. The highest BCUT2D eigenvalue weighted by Crippen LogP contribution is 2.34. The SMILES string of the molecule is CCOC(=O)CN1C2CCCC1CC(NC(=O)c1ccc(NC(C)=O)cc1OCC)C2. The van der Waals surface area contributed by atoms with Crippen molar-refractivity contribution < 1.29 is 23.9 Å². The van der Waals surface area contributed by atoms with Crippen LogP contribution in [0.4, 0.5) is 5.69 Å². The Labute approximate surface area is 183 Å². The number of benzene rings is 1. The predicted molar refractivity (Wildman–Crippen MR) is 117 cm³/mol. The van der Waals surface area contributed by atoms with Crippen molar-refractivity contribution >= 4 is 23.5 Å². The minimum atomic E-state index is -0.181. The van der Waals surface area contributed by atoms with Crippen LogP contribution in [0.1, 0.15) is 63.2 Å². The van der Waals surface area contributed by atoms with Crippen LogP contribution in [0.3, 0.4) is 0 Å². The molecule has 2 aliphatic rings. The first-order valence-electron chi connectivity index (χ1n) is 11.2. The monoisotopic (exact) mass is 431 g/mol. The molecule has 8 heteroatoms. The summed E-state index contributed by atoms with van der Waals surface area (Å²) >= 11 is 0. The number of amides is 2. The van der Waals surface area contributed by atoms with Crippen LogP contribution in [-0.4, -0.2) is 60.6 Å². The standard InChI is InChI=1S/C23H33N3O5/c1-4-30-21-13-16(24-15(3)27)9-10-20(21)23(29)25-17-11-18-7-6-8-19(12-17)26(18)14-22(28)31-5-2/h9-10,13,17-19H,4-8,11-12,14H2,1-3H3,(H,24,27)(H,25,29). The molecule has 2 unspecified atom stereocenters. The molecule has 3 rings (SSSR count). The number of carbonyl (C=O) groups is 3. The summed E-state index contributed by atoms with van der Waals surface area (Å²) in [5, 5.41) is 5.89. The van der Waals surface area contributed by atoms with Crippen molar-refractivity contribution in [3.63, 3.8) is 0 Å². The molecule has 2 atom stereocenters. The second-order valence-corrected chi connectivity index (χ2v) is 8.18. The van der Waals surface area contributed by atoms with E-state index in [1.807, 2.05) is 13.8 Å². The fraction of sp³-hybridized carbons (Fsp3) is 0.609. The lowest BCUT2D eigenvalue weighted by atomic mass is 9.81. The first-order chi connectivity index (χ1) is 14.9. The van der Waals surface area contributed by atoms with E-state index < -0.39 is 0 Å². The van der Waals surface area contributed by atoms with Crippen LogP contribution < -0.4 is 15.4 Å². The smallest absolute Gasteiger partial charge is 0.320 e. The van der Waals surface area contributed by atoms with Crippen LogP contribution >= 0.6 is 0 Å². The van der Waals surface area contributed by atoms with E-state index in [4.69, 9.17) is 9.47 Å². The van der Waals surface area contributed by atoms with Crippen molar-refractivity contribution in [2.75, 3.05) is 25.1 Å². The second kappa shape index (κ2) is 10.6. The maximum absolute atomic E-state index is 13.0. The van der Waals surface area contributed by atoms with E-state index in [0.29, 0.717) is 36.8 Å². The van der Waals surface area contributed by atoms with E-state index in [1.165, 1.54) is 6.92 Å². The number of hydrogen-bond acceptors (Lipinski definition) is 6. The summed E-state index contributed by atoms with van der Waals surface area (Å²) in [7, 11) is 0. The first kappa shape index (κ1) is 23.1. The van der Waals surface area contributed by atoms with E-state index in [2.05, 4.69) is 15.5 Å². The molecule has 2 N–H and O–H groups in total. The van der Waals surface area contributed by atoms with Gasteiger partial charge in [0.25, 0.3) is 5.91 Å². The van der Waals surface area contributed by atoms with E-state index in [0.717, 1.165) is 32.1 Å². The van der Waals surface area contributed by atoms with Crippen molar-refractivity contribution in [3.05, 3.63) is 23.8 Å². The molecule has 8 nitrogen and oxygen atoms in total. The maximum atomic E-state index is 13.0. The molecule has 170 valence electrons. The van der Waals surface area contributed by atoms with Gasteiger partial charge in [-0.15, -0.1) is 0 Å². The van der Waals surface area contributed by atoms with Crippen LogP contribution in [0.25, 0.3) is 0 Å². The third kappa shape index (κ3) is 5.97. The Balaban J connectivity index is 1.67. The van der Waals surface area contributed by atoms with Crippen molar-refractivity contribution in [1.29, 1.82) is 0 Å². The van der Waals surface area contributed by atoms with E-state index in [9.17, 15) is 14.4 Å². The molecule has 2 amide bonds. The Kier molecular flexibility index (Phi) is 7.90. The van der Waals surface area contributed by atoms with E-state index in [-0.39, 0.29) is 35.9 Å². The topological polar surface area (TPSA) is 97.0 Å². The lowest BCUT2D eigenvalue weighted by Gasteiger charge is -2.48. The molecule has 2 bridgehead atoms. The molecule has 2 aliphatic heterocycles. The quantitative estimate of drug-likeness (QED) is 0.615. The third-order valence-corrected chi connectivity index (χ3v) is 5.92. The molecule has 0 spiro atoms. The first-order valence-corrected chi connectivity index (χ1v) is 11.2. The molecule has 2 fully saturated rings. The van der Waals surface area contributed by atoms with Gasteiger partial charge >= 0.3 is 5.97 Å². The van der Waals surface area contributed by atoms with Crippen LogP contribution in [0.15, 0.2) is 18.2 Å². The van der Waals surface area contributed by atoms with Gasteiger partial charge in [-0.1, -0.05) is 6.42 Å². The zero-order valence-electron chi connectivity index (χ0n) is 18.6. The number of piperidine rings is 2. The Bertz CT molecular complexity index is 798. The number of nitrogens with zero attached hydrogens (tertiary/aromatic N) is 1. The summed E-state index contributed by atoms with van der Waals surface area (Å²) in [6, 6.07) is 5.66. The van der Waals surface area contributed by atoms with Crippen molar-refractivity contribution in [1.82, 2.24) is 10.2 Å². The van der Waals surface area contributed by atoms with Gasteiger partial charge in [0.15, 0.2) is 0 Å². The summed E-state index contributed by atoms with van der Waals surface area (Å²) in [6.45, 7) is 6.24. The average molecular weight is 432 g/mol. The molecule has 0 saturated carbocycles. The Morgan fingerprint density at radius 2 is 1.81 bits per heavy atom. The van der Waals surface area contributed by atoms with Gasteiger partial charge in [-0.3, -0.25) is 19.3 Å². The van der Waals surface area contributed by atoms with Crippen LogP contribution in [0, 0.1) is 0 Å². The largest absolute Gasteiger partial charge is 0.493 e. The minimum absolute atomic E-state index is 0.0470. The van der Waals surface area contributed by atoms with Crippen molar-refractivity contribution in [2.45, 2.75) is 71.0 Å². The zero-order valence-corrected chi connectivity index (χ0v) is 18.6. The van der Waals surface area contributed by atoms with Crippen LogP contribution in [-0.2, 0) is 14.3 Å². The van der Waals surface area contributed by atoms with Gasteiger partial charge in [0.1, 0.15) is 5.75 Å². The summed E-state index contributed by atoms with van der Waals surface area (Å²) in [5.41, 5.74) is 1.05. The van der Waals surface area contributed by atoms with Crippen molar-refractivity contribution in [3.8, 4) is 5.75 Å². The van der Waals surface area contributed by atoms with Gasteiger partial charge in [-0.25, -0.2) is 0 Å². The number of anilines is 1. The van der Waals surface area contributed by atoms with Gasteiger partial charge < -0.3 is 20.1 Å². The normalized spacial score (nSPS) is 23.0. The molecule has 1 aromatic rings. The zero-order chi connectivity index (χ0) is 22.4. The highest BCUT2D eigenvalue weighted by atomic mass is 16.5. The summed E-state index contributed by atoms with van der Waals surface area (Å²) < 4.78 is 10.8. The van der Waals surface area contributed by atoms with Gasteiger partial charge in [0, 0.05) is 36.8 Å². The van der Waals surface area contributed by atoms with Gasteiger partial charge in [-0.2, -0.15) is 0 Å². The van der Waals surface area contributed by atoms with E-state index >= 15 is 0 Å². The number of carbonyl (C=O) groups excluding carboxylic acids is 3. The highest BCUT2D eigenvalue weighted by Gasteiger charge is 2.39. The number of ether oxygens (including phenoxy) is 2. The second-order valence-electron chi connectivity index (χ2n) is 8.18. The fourth-order valence-corrected chi connectivity index (χ4v) is 4.74. The molecule has 2 saturated heterocycles. The van der Waals surface area contributed by atoms with Crippen LogP contribution in [0.5, 0.6) is 5.75 Å². The molecule has 31 heavy (non-hydrogen) atoms. The highest BCUT2D eigenvalue weighted by molar-refractivity contribution is 5.98. The minimum Gasteiger partial charge on any atom is -0.493 e. The Morgan fingerprint density at radius 3 is 2.42 bits per heavy atom. The van der Waals surface area contributed by atoms with Crippen molar-refractivity contribution in [2.24, 2.45) is 0 Å². The molecular formula is C23H33N3O5. The van der Waals surface area contributed by atoms with Gasteiger partial charge in [0.05, 0.1) is 25.3 Å². The Hall–Kier alpha value is -2.61. The molecule has 0 aromatic heterocycles. The molecular weight excluding hydrogens is 398 g/mol. The Morgan fingerprint density at radius 1 is 1.10 bits per heavy atom. The summed E-state index contributed by atoms with van der Waals surface area (Å²) in [6.07, 6.45) is 4.83. The predicted octanol–water partition coefficient (Wildman–Crippen LogP) is 2.72. The van der Waals surface area contributed by atoms with E-state index in [1.54, 1.807) is 18.2 Å². The molecule has 1 aromatic carbocycles. The number of nitrogens with one attached hydrogen (secondary N) is 2. The maximum Gasteiger partial charge on any atom is 0.320 e.